The molecule has 6 heteroatoms. The Labute approximate surface area is 139 Å². The van der Waals surface area contributed by atoms with E-state index in [9.17, 15) is 4.79 Å². The molecule has 3 N–H and O–H groups in total. The summed E-state index contributed by atoms with van der Waals surface area (Å²) in [6, 6.07) is 7.68. The number of thiazole rings is 1. The van der Waals surface area contributed by atoms with Gasteiger partial charge in [-0.2, -0.15) is 0 Å². The average Bonchev–Trinajstić information content (AvgIpc) is 2.96. The lowest BCUT2D eigenvalue weighted by Gasteiger charge is -2.12. The first-order valence-electron chi connectivity index (χ1n) is 7.21. The van der Waals surface area contributed by atoms with Crippen molar-refractivity contribution in [2.75, 3.05) is 13.1 Å². The Morgan fingerprint density at radius 3 is 2.91 bits per heavy atom. The van der Waals surface area contributed by atoms with Crippen molar-refractivity contribution < 1.29 is 4.79 Å². The van der Waals surface area contributed by atoms with E-state index in [1.54, 1.807) is 23.1 Å². The first-order valence-corrected chi connectivity index (χ1v) is 9.07. The molecular formula is C16H21N3OS2. The van der Waals surface area contributed by atoms with Gasteiger partial charge in [-0.15, -0.1) is 23.1 Å². The van der Waals surface area contributed by atoms with Crippen LogP contribution < -0.4 is 11.1 Å². The lowest BCUT2D eigenvalue weighted by Crippen LogP contribution is -2.31. The molecule has 0 radical (unpaired) electrons. The first-order chi connectivity index (χ1) is 10.6. The van der Waals surface area contributed by atoms with Crippen molar-refractivity contribution in [3.05, 3.63) is 45.9 Å². The molecule has 0 aliphatic carbocycles. The number of benzene rings is 1. The van der Waals surface area contributed by atoms with Crippen LogP contribution in [0.4, 0.5) is 0 Å². The molecule has 4 nitrogen and oxygen atoms in total. The Morgan fingerprint density at radius 1 is 1.45 bits per heavy atom. The van der Waals surface area contributed by atoms with E-state index in [1.165, 1.54) is 0 Å². The van der Waals surface area contributed by atoms with Gasteiger partial charge in [-0.3, -0.25) is 4.79 Å². The highest BCUT2D eigenvalue weighted by atomic mass is 32.2. The number of nitrogens with two attached hydrogens (primary N) is 1. The van der Waals surface area contributed by atoms with E-state index in [-0.39, 0.29) is 11.8 Å². The number of rotatable bonds is 7. The predicted molar refractivity (Wildman–Crippen MR) is 93.4 cm³/mol. The summed E-state index contributed by atoms with van der Waals surface area (Å²) in [5.41, 5.74) is 7.35. The largest absolute Gasteiger partial charge is 0.352 e. The highest BCUT2D eigenvalue weighted by Gasteiger charge is 2.12. The molecule has 0 aliphatic rings. The fraction of sp³-hybridized carbons (Fsp3) is 0.375. The topological polar surface area (TPSA) is 68.0 Å². The number of hydrogen-bond acceptors (Lipinski definition) is 5. The Balaban J connectivity index is 2.01. The molecule has 1 aromatic carbocycles. The van der Waals surface area contributed by atoms with Crippen molar-refractivity contribution >= 4 is 29.0 Å². The number of nitrogens with zero attached hydrogens (tertiary/aromatic N) is 1. The minimum absolute atomic E-state index is 0.0436. The summed E-state index contributed by atoms with van der Waals surface area (Å²) in [7, 11) is 0. The van der Waals surface area contributed by atoms with Gasteiger partial charge in [0.15, 0.2) is 0 Å². The average molecular weight is 335 g/mol. The fourth-order valence-electron chi connectivity index (χ4n) is 1.85. The number of aryl methyl sites for hydroxylation is 1. The van der Waals surface area contributed by atoms with Crippen molar-refractivity contribution in [3.8, 4) is 0 Å². The zero-order valence-corrected chi connectivity index (χ0v) is 14.5. The molecule has 1 aromatic heterocycles. The molecule has 1 heterocycles. The van der Waals surface area contributed by atoms with Crippen molar-refractivity contribution in [1.29, 1.82) is 0 Å². The molecule has 1 unspecified atom stereocenters. The van der Waals surface area contributed by atoms with Crippen LogP contribution in [0.15, 0.2) is 34.5 Å². The van der Waals surface area contributed by atoms with Gasteiger partial charge in [-0.1, -0.05) is 19.1 Å². The molecule has 0 bridgehead atoms. The van der Waals surface area contributed by atoms with Crippen molar-refractivity contribution in [2.45, 2.75) is 24.5 Å². The molecule has 22 heavy (non-hydrogen) atoms. The zero-order chi connectivity index (χ0) is 15.9. The van der Waals surface area contributed by atoms with Gasteiger partial charge in [0.25, 0.3) is 5.91 Å². The summed E-state index contributed by atoms with van der Waals surface area (Å²) < 4.78 is 0. The van der Waals surface area contributed by atoms with Gasteiger partial charge in [-0.25, -0.2) is 4.98 Å². The molecule has 2 rings (SSSR count). The van der Waals surface area contributed by atoms with Crippen LogP contribution in [-0.4, -0.2) is 24.0 Å². The van der Waals surface area contributed by atoms with Crippen LogP contribution in [0.2, 0.25) is 0 Å². The third-order valence-electron chi connectivity index (χ3n) is 3.19. The molecule has 0 saturated heterocycles. The van der Waals surface area contributed by atoms with Gasteiger partial charge in [0.2, 0.25) is 0 Å². The maximum Gasteiger partial charge on any atom is 0.252 e. The summed E-state index contributed by atoms with van der Waals surface area (Å²) in [5, 5.41) is 6.08. The van der Waals surface area contributed by atoms with Crippen LogP contribution in [-0.2, 0) is 5.75 Å². The molecule has 1 amide bonds. The number of aromatic nitrogens is 1. The molecule has 0 spiro atoms. The van der Waals surface area contributed by atoms with Gasteiger partial charge < -0.3 is 11.1 Å². The van der Waals surface area contributed by atoms with E-state index in [4.69, 9.17) is 5.73 Å². The van der Waals surface area contributed by atoms with Crippen molar-refractivity contribution in [1.82, 2.24) is 10.3 Å². The normalized spacial score (nSPS) is 12.1. The molecule has 0 saturated carbocycles. The zero-order valence-electron chi connectivity index (χ0n) is 12.8. The van der Waals surface area contributed by atoms with Crippen LogP contribution in [0.3, 0.4) is 0 Å². The minimum atomic E-state index is -0.0436. The first kappa shape index (κ1) is 17.0. The second kappa shape index (κ2) is 8.31. The second-order valence-corrected chi connectivity index (χ2v) is 7.27. The smallest absolute Gasteiger partial charge is 0.252 e. The summed E-state index contributed by atoms with van der Waals surface area (Å²) in [4.78, 5) is 17.8. The standard InChI is InChI=1S/C16H21N3OS2/c1-11(7-17)8-18-16(20)14-5-3-4-6-15(14)22-10-13-9-21-12(2)19-13/h3-6,9,11H,7-8,10,17H2,1-2H3,(H,18,20). The second-order valence-electron chi connectivity index (χ2n) is 5.19. The maximum atomic E-state index is 12.3. The maximum absolute atomic E-state index is 12.3. The van der Waals surface area contributed by atoms with E-state index in [0.717, 1.165) is 21.3 Å². The molecule has 1 atom stereocenters. The fourth-order valence-corrected chi connectivity index (χ4v) is 3.51. The third kappa shape index (κ3) is 4.83. The van der Waals surface area contributed by atoms with E-state index >= 15 is 0 Å². The quantitative estimate of drug-likeness (QED) is 0.763. The third-order valence-corrected chi connectivity index (χ3v) is 5.12. The minimum Gasteiger partial charge on any atom is -0.352 e. The summed E-state index contributed by atoms with van der Waals surface area (Å²) in [6.45, 7) is 5.18. The van der Waals surface area contributed by atoms with E-state index < -0.39 is 0 Å². The lowest BCUT2D eigenvalue weighted by molar-refractivity contribution is 0.0945. The Bertz CT molecular complexity index is 627. The van der Waals surface area contributed by atoms with Gasteiger partial charge in [0, 0.05) is 22.6 Å². The Kier molecular flexibility index (Phi) is 6.42. The van der Waals surface area contributed by atoms with Crippen molar-refractivity contribution in [3.63, 3.8) is 0 Å². The number of hydrogen-bond donors (Lipinski definition) is 2. The van der Waals surface area contributed by atoms with Gasteiger partial charge in [-0.05, 0) is 31.5 Å². The number of nitrogens with one attached hydrogen (secondary N) is 1. The number of amides is 1. The SMILES string of the molecule is Cc1nc(CSc2ccccc2C(=O)NCC(C)CN)cs1. The molecular weight excluding hydrogens is 314 g/mol. The monoisotopic (exact) mass is 335 g/mol. The molecule has 2 aromatic rings. The lowest BCUT2D eigenvalue weighted by atomic mass is 10.1. The van der Waals surface area contributed by atoms with E-state index in [0.29, 0.717) is 18.7 Å². The molecule has 118 valence electrons. The van der Waals surface area contributed by atoms with Crippen molar-refractivity contribution in [2.24, 2.45) is 11.7 Å². The number of thioether (sulfide) groups is 1. The molecule has 0 aliphatic heterocycles. The Morgan fingerprint density at radius 2 is 2.23 bits per heavy atom. The molecule has 0 fully saturated rings. The van der Waals surface area contributed by atoms with Crippen LogP contribution in [0.1, 0.15) is 28.0 Å². The van der Waals surface area contributed by atoms with E-state index in [2.05, 4.69) is 15.7 Å². The Hall–Kier alpha value is -1.37. The number of carbonyl (C=O) groups is 1. The van der Waals surface area contributed by atoms with Crippen LogP contribution in [0.5, 0.6) is 0 Å². The summed E-state index contributed by atoms with van der Waals surface area (Å²) in [5.74, 6) is 1.01. The van der Waals surface area contributed by atoms with Gasteiger partial charge in [0.05, 0.1) is 16.3 Å². The van der Waals surface area contributed by atoms with Crippen LogP contribution in [0.25, 0.3) is 0 Å². The number of carbonyl (C=O) groups excluding carboxylic acids is 1. The predicted octanol–water partition coefficient (Wildman–Crippen LogP) is 3.07. The highest BCUT2D eigenvalue weighted by molar-refractivity contribution is 7.98. The van der Waals surface area contributed by atoms with Crippen LogP contribution in [0, 0.1) is 12.8 Å². The highest BCUT2D eigenvalue weighted by Crippen LogP contribution is 2.26. The van der Waals surface area contributed by atoms with Gasteiger partial charge >= 0.3 is 0 Å². The van der Waals surface area contributed by atoms with Crippen LogP contribution >= 0.6 is 23.1 Å². The summed E-state index contributed by atoms with van der Waals surface area (Å²) >= 11 is 3.29. The van der Waals surface area contributed by atoms with Gasteiger partial charge in [0.1, 0.15) is 0 Å². The van der Waals surface area contributed by atoms with E-state index in [1.807, 2.05) is 38.1 Å². The summed E-state index contributed by atoms with van der Waals surface area (Å²) in [6.07, 6.45) is 0.